The molecule has 0 saturated carbocycles. The van der Waals surface area contributed by atoms with Crippen molar-refractivity contribution in [2.45, 2.75) is 13.5 Å². The molecule has 1 saturated heterocycles. The molecule has 0 aliphatic carbocycles. The Morgan fingerprint density at radius 2 is 1.86 bits per heavy atom. The minimum absolute atomic E-state index is 0.122. The molecule has 1 N–H and O–H groups in total. The summed E-state index contributed by atoms with van der Waals surface area (Å²) in [6.45, 7) is 6.03. The highest BCUT2D eigenvalue weighted by atomic mass is 16.2. The number of aryl methyl sites for hydroxylation is 1. The molecule has 0 unspecified atom stereocenters. The molecule has 1 aliphatic heterocycles. The molecule has 0 atom stereocenters. The van der Waals surface area contributed by atoms with Crippen molar-refractivity contribution < 1.29 is 4.79 Å². The van der Waals surface area contributed by atoms with Gasteiger partial charge in [-0.2, -0.15) is 5.10 Å². The van der Waals surface area contributed by atoms with Gasteiger partial charge in [0.2, 0.25) is 5.91 Å². The topological polar surface area (TPSA) is 70.5 Å². The number of piperazine rings is 1. The standard InChI is InChI=1S/C22H25N5O2/c1-16-13-18(7-8-20(16)26-11-9-25(2)10-12-26)24-21(28)15-27-22(29)19-6-4-3-5-17(19)14-23-27/h3-8,13-14H,9-12,15H2,1-2H3,(H,24,28). The lowest BCUT2D eigenvalue weighted by atomic mass is 10.1. The molecule has 7 heteroatoms. The summed E-state index contributed by atoms with van der Waals surface area (Å²) >= 11 is 0. The molecule has 1 aromatic heterocycles. The zero-order valence-corrected chi connectivity index (χ0v) is 16.8. The van der Waals surface area contributed by atoms with Crippen molar-refractivity contribution in [3.8, 4) is 0 Å². The van der Waals surface area contributed by atoms with Crippen molar-refractivity contribution in [2.24, 2.45) is 0 Å². The molecule has 1 fully saturated rings. The predicted octanol–water partition coefficient (Wildman–Crippen LogP) is 2.10. The smallest absolute Gasteiger partial charge is 0.275 e. The van der Waals surface area contributed by atoms with E-state index in [4.69, 9.17) is 0 Å². The summed E-state index contributed by atoms with van der Waals surface area (Å²) in [7, 11) is 2.14. The van der Waals surface area contributed by atoms with Crippen LogP contribution in [0, 0.1) is 6.92 Å². The number of nitrogens with zero attached hydrogens (tertiary/aromatic N) is 4. The van der Waals surface area contributed by atoms with Crippen molar-refractivity contribution >= 4 is 28.1 Å². The number of carbonyl (C=O) groups excluding carboxylic acids is 1. The van der Waals surface area contributed by atoms with Crippen LogP contribution in [0.4, 0.5) is 11.4 Å². The fourth-order valence-electron chi connectivity index (χ4n) is 3.71. The normalized spacial score (nSPS) is 14.9. The number of hydrogen-bond donors (Lipinski definition) is 1. The summed E-state index contributed by atoms with van der Waals surface area (Å²) in [6, 6.07) is 13.2. The van der Waals surface area contributed by atoms with Gasteiger partial charge in [-0.25, -0.2) is 4.68 Å². The molecule has 2 heterocycles. The Kier molecular flexibility index (Phi) is 5.31. The van der Waals surface area contributed by atoms with Crippen LogP contribution in [0.2, 0.25) is 0 Å². The summed E-state index contributed by atoms with van der Waals surface area (Å²) in [5, 5.41) is 8.32. The van der Waals surface area contributed by atoms with Crippen LogP contribution in [-0.4, -0.2) is 53.8 Å². The molecule has 150 valence electrons. The Bertz CT molecular complexity index is 1100. The Hall–Kier alpha value is -3.19. The molecule has 4 rings (SSSR count). The zero-order valence-electron chi connectivity index (χ0n) is 16.8. The lowest BCUT2D eigenvalue weighted by Crippen LogP contribution is -2.44. The Labute approximate surface area is 169 Å². The van der Waals surface area contributed by atoms with Crippen LogP contribution in [0.15, 0.2) is 53.5 Å². The molecular weight excluding hydrogens is 366 g/mol. The third-order valence-electron chi connectivity index (χ3n) is 5.38. The van der Waals surface area contributed by atoms with E-state index in [1.54, 1.807) is 18.3 Å². The first-order valence-electron chi connectivity index (χ1n) is 9.80. The lowest BCUT2D eigenvalue weighted by molar-refractivity contribution is -0.117. The minimum atomic E-state index is -0.276. The Morgan fingerprint density at radius 1 is 1.10 bits per heavy atom. The summed E-state index contributed by atoms with van der Waals surface area (Å²) in [5.41, 5.74) is 2.77. The predicted molar refractivity (Wildman–Crippen MR) is 116 cm³/mol. The van der Waals surface area contributed by atoms with Crippen LogP contribution in [0.5, 0.6) is 0 Å². The summed E-state index contributed by atoms with van der Waals surface area (Å²) < 4.78 is 1.20. The molecule has 0 spiro atoms. The van der Waals surface area contributed by atoms with Gasteiger partial charge in [0.1, 0.15) is 6.54 Å². The number of hydrogen-bond acceptors (Lipinski definition) is 5. The van der Waals surface area contributed by atoms with Gasteiger partial charge in [0.15, 0.2) is 0 Å². The highest BCUT2D eigenvalue weighted by Crippen LogP contribution is 2.24. The summed E-state index contributed by atoms with van der Waals surface area (Å²) in [5.74, 6) is -0.276. The van der Waals surface area contributed by atoms with Crippen LogP contribution < -0.4 is 15.8 Å². The number of benzene rings is 2. The fraction of sp³-hybridized carbons (Fsp3) is 0.318. The largest absolute Gasteiger partial charge is 0.369 e. The third kappa shape index (κ3) is 4.14. The number of fused-ring (bicyclic) bond motifs is 1. The van der Waals surface area contributed by atoms with Crippen LogP contribution in [0.1, 0.15) is 5.56 Å². The van der Waals surface area contributed by atoms with E-state index in [0.29, 0.717) is 5.39 Å². The highest BCUT2D eigenvalue weighted by molar-refractivity contribution is 5.91. The van der Waals surface area contributed by atoms with E-state index in [0.717, 1.165) is 42.8 Å². The van der Waals surface area contributed by atoms with E-state index in [2.05, 4.69) is 40.3 Å². The maximum atomic E-state index is 12.5. The van der Waals surface area contributed by atoms with E-state index >= 15 is 0 Å². The monoisotopic (exact) mass is 391 g/mol. The van der Waals surface area contributed by atoms with Gasteiger partial charge < -0.3 is 15.1 Å². The van der Waals surface area contributed by atoms with Gasteiger partial charge >= 0.3 is 0 Å². The second-order valence-corrected chi connectivity index (χ2v) is 7.53. The van der Waals surface area contributed by atoms with Gasteiger partial charge in [-0.3, -0.25) is 9.59 Å². The van der Waals surface area contributed by atoms with Gasteiger partial charge in [-0.15, -0.1) is 0 Å². The van der Waals surface area contributed by atoms with Crippen molar-refractivity contribution in [3.05, 3.63) is 64.6 Å². The molecule has 1 aliphatic rings. The molecule has 3 aromatic rings. The van der Waals surface area contributed by atoms with E-state index in [-0.39, 0.29) is 18.0 Å². The first kappa shape index (κ1) is 19.1. The highest BCUT2D eigenvalue weighted by Gasteiger charge is 2.16. The number of nitrogens with one attached hydrogen (secondary N) is 1. The number of anilines is 2. The summed E-state index contributed by atoms with van der Waals surface area (Å²) in [4.78, 5) is 29.7. The van der Waals surface area contributed by atoms with Gasteiger partial charge in [0.05, 0.1) is 11.6 Å². The molecule has 7 nitrogen and oxygen atoms in total. The number of carbonyl (C=O) groups is 1. The summed E-state index contributed by atoms with van der Waals surface area (Å²) in [6.07, 6.45) is 1.61. The van der Waals surface area contributed by atoms with Gasteiger partial charge in [0, 0.05) is 42.9 Å². The minimum Gasteiger partial charge on any atom is -0.369 e. The van der Waals surface area contributed by atoms with Gasteiger partial charge in [0.25, 0.3) is 5.56 Å². The molecular formula is C22H25N5O2. The molecule has 2 aromatic carbocycles. The molecule has 1 amide bonds. The van der Waals surface area contributed by atoms with Crippen molar-refractivity contribution in [2.75, 3.05) is 43.4 Å². The van der Waals surface area contributed by atoms with E-state index in [1.807, 2.05) is 24.3 Å². The van der Waals surface area contributed by atoms with Crippen LogP contribution in [0.25, 0.3) is 10.8 Å². The third-order valence-corrected chi connectivity index (χ3v) is 5.38. The van der Waals surface area contributed by atoms with E-state index in [1.165, 1.54) is 10.4 Å². The average Bonchev–Trinajstić information content (AvgIpc) is 2.71. The number of aromatic nitrogens is 2. The lowest BCUT2D eigenvalue weighted by Gasteiger charge is -2.35. The van der Waals surface area contributed by atoms with Gasteiger partial charge in [-0.1, -0.05) is 18.2 Å². The Balaban J connectivity index is 1.45. The number of likely N-dealkylation sites (N-methyl/N-ethyl adjacent to an activating group) is 1. The van der Waals surface area contributed by atoms with E-state index < -0.39 is 0 Å². The quantitative estimate of drug-likeness (QED) is 0.738. The first-order chi connectivity index (χ1) is 14.0. The second kappa shape index (κ2) is 8.05. The average molecular weight is 391 g/mol. The zero-order chi connectivity index (χ0) is 20.4. The van der Waals surface area contributed by atoms with Crippen molar-refractivity contribution in [1.82, 2.24) is 14.7 Å². The van der Waals surface area contributed by atoms with Crippen molar-refractivity contribution in [3.63, 3.8) is 0 Å². The first-order valence-corrected chi connectivity index (χ1v) is 9.80. The number of rotatable bonds is 4. The molecule has 29 heavy (non-hydrogen) atoms. The van der Waals surface area contributed by atoms with Gasteiger partial charge in [-0.05, 0) is 43.8 Å². The second-order valence-electron chi connectivity index (χ2n) is 7.53. The molecule has 0 bridgehead atoms. The maximum absolute atomic E-state index is 12.5. The van der Waals surface area contributed by atoms with Crippen molar-refractivity contribution in [1.29, 1.82) is 0 Å². The SMILES string of the molecule is Cc1cc(NC(=O)Cn2ncc3ccccc3c2=O)ccc1N1CCN(C)CC1. The molecule has 0 radical (unpaired) electrons. The number of amides is 1. The van der Waals surface area contributed by atoms with Crippen LogP contribution in [0.3, 0.4) is 0 Å². The fourth-order valence-corrected chi connectivity index (χ4v) is 3.71. The maximum Gasteiger partial charge on any atom is 0.275 e. The Morgan fingerprint density at radius 3 is 2.62 bits per heavy atom. The van der Waals surface area contributed by atoms with Crippen LogP contribution in [-0.2, 0) is 11.3 Å². The van der Waals surface area contributed by atoms with Crippen LogP contribution >= 0.6 is 0 Å². The van der Waals surface area contributed by atoms with E-state index in [9.17, 15) is 9.59 Å².